The molecule has 0 radical (unpaired) electrons. The Morgan fingerprint density at radius 1 is 0.389 bits per heavy atom. The monoisotopic (exact) mass is 724 g/mol. The smallest absolute Gasteiger partial charge is 0.357 e. The Bertz CT molecular complexity index is 2010. The molecular formula is C40H32N6O8. The molecule has 0 amide bonds. The number of methoxy groups -OCH3 is 4. The molecule has 0 fully saturated rings. The molecule has 0 aliphatic heterocycles. The molecule has 0 saturated carbocycles. The van der Waals surface area contributed by atoms with Crippen LogP contribution in [0.1, 0.15) is 87.0 Å². The van der Waals surface area contributed by atoms with E-state index in [0.717, 1.165) is 0 Å². The second-order valence-electron chi connectivity index (χ2n) is 10.8. The number of nitrogens with zero attached hydrogens (tertiary/aromatic N) is 6. The number of ether oxygens (including phenoxy) is 4. The zero-order valence-electron chi connectivity index (χ0n) is 29.5. The van der Waals surface area contributed by atoms with Gasteiger partial charge >= 0.3 is 23.9 Å². The molecule has 0 aliphatic carbocycles. The molecule has 0 spiro atoms. The number of aromatic nitrogens is 6. The lowest BCUT2D eigenvalue weighted by molar-refractivity contribution is 0.0585. The third-order valence-corrected chi connectivity index (χ3v) is 7.56. The van der Waals surface area contributed by atoms with Crippen LogP contribution < -0.4 is 0 Å². The van der Waals surface area contributed by atoms with Gasteiger partial charge in [0.05, 0.1) is 51.2 Å². The van der Waals surface area contributed by atoms with Gasteiger partial charge in [-0.05, 0) is 48.6 Å². The molecular weight excluding hydrogens is 692 g/mol. The number of carbonyl (C=O) groups excluding carboxylic acids is 4. The van der Waals surface area contributed by atoms with Crippen LogP contribution in [0.3, 0.4) is 0 Å². The van der Waals surface area contributed by atoms with Gasteiger partial charge in [0.2, 0.25) is 0 Å². The normalized spacial score (nSPS) is 11.3. The molecule has 0 unspecified atom stereocenters. The van der Waals surface area contributed by atoms with Crippen molar-refractivity contribution in [3.63, 3.8) is 0 Å². The van der Waals surface area contributed by atoms with E-state index in [0.29, 0.717) is 45.0 Å². The Morgan fingerprint density at radius 3 is 0.815 bits per heavy atom. The van der Waals surface area contributed by atoms with E-state index in [9.17, 15) is 19.2 Å². The SMILES string of the molecule is COC(=O)c1ncccc1C=Cc1nc(C=Cc2cccnc2C(=O)OC)c(C=Cc2cccnc2C(=O)OC)nc1C=Cc1cccnc1C(=O)OC. The lowest BCUT2D eigenvalue weighted by Gasteiger charge is -2.09. The molecule has 14 nitrogen and oxygen atoms in total. The lowest BCUT2D eigenvalue weighted by Crippen LogP contribution is -2.07. The van der Waals surface area contributed by atoms with Gasteiger partial charge in [-0.2, -0.15) is 0 Å². The van der Waals surface area contributed by atoms with Gasteiger partial charge in [0.25, 0.3) is 0 Å². The number of pyridine rings is 4. The average molecular weight is 725 g/mol. The first-order chi connectivity index (χ1) is 26.3. The fourth-order valence-corrected chi connectivity index (χ4v) is 4.93. The zero-order valence-corrected chi connectivity index (χ0v) is 29.5. The molecule has 0 aromatic carbocycles. The van der Waals surface area contributed by atoms with Gasteiger partial charge in [0, 0.05) is 47.0 Å². The summed E-state index contributed by atoms with van der Waals surface area (Å²) in [6.07, 6.45) is 19.0. The van der Waals surface area contributed by atoms with Crippen molar-refractivity contribution in [2.45, 2.75) is 0 Å². The van der Waals surface area contributed by atoms with Crippen LogP contribution in [0.25, 0.3) is 48.6 Å². The Hall–Kier alpha value is -7.48. The maximum atomic E-state index is 12.5. The van der Waals surface area contributed by atoms with Crippen LogP contribution in [0.2, 0.25) is 0 Å². The Kier molecular flexibility index (Phi) is 12.7. The summed E-state index contributed by atoms with van der Waals surface area (Å²) in [5.74, 6) is -2.51. The van der Waals surface area contributed by atoms with E-state index in [1.165, 1.54) is 53.2 Å². The molecule has 0 bridgehead atoms. The lowest BCUT2D eigenvalue weighted by atomic mass is 10.1. The van der Waals surface area contributed by atoms with Crippen LogP contribution in [0, 0.1) is 0 Å². The van der Waals surface area contributed by atoms with Crippen LogP contribution in [0.4, 0.5) is 0 Å². The molecule has 5 aromatic rings. The van der Waals surface area contributed by atoms with E-state index in [2.05, 4.69) is 19.9 Å². The molecule has 54 heavy (non-hydrogen) atoms. The highest BCUT2D eigenvalue weighted by molar-refractivity contribution is 5.96. The highest BCUT2D eigenvalue weighted by atomic mass is 16.5. The number of hydrogen-bond acceptors (Lipinski definition) is 14. The first-order valence-corrected chi connectivity index (χ1v) is 16.1. The predicted octanol–water partition coefficient (Wildman–Crippen LogP) is 5.88. The molecule has 0 aliphatic rings. The summed E-state index contributed by atoms with van der Waals surface area (Å²) in [4.78, 5) is 76.5. The number of carbonyl (C=O) groups is 4. The second kappa shape index (κ2) is 18.1. The van der Waals surface area contributed by atoms with Gasteiger partial charge in [0.1, 0.15) is 0 Å². The minimum atomic E-state index is -0.628. The van der Waals surface area contributed by atoms with Crippen molar-refractivity contribution in [3.8, 4) is 0 Å². The minimum Gasteiger partial charge on any atom is -0.464 e. The van der Waals surface area contributed by atoms with E-state index in [4.69, 9.17) is 28.9 Å². The molecule has 14 heteroatoms. The van der Waals surface area contributed by atoms with Crippen molar-refractivity contribution in [1.29, 1.82) is 0 Å². The van der Waals surface area contributed by atoms with Gasteiger partial charge in [-0.3, -0.25) is 0 Å². The molecule has 270 valence electrons. The topological polar surface area (TPSA) is 183 Å². The van der Waals surface area contributed by atoms with Crippen LogP contribution in [-0.4, -0.2) is 82.2 Å². The number of hydrogen-bond donors (Lipinski definition) is 0. The zero-order chi connectivity index (χ0) is 38.5. The average Bonchev–Trinajstić information content (AvgIpc) is 3.22. The maximum Gasteiger partial charge on any atom is 0.357 e. The summed E-state index contributed by atoms with van der Waals surface area (Å²) in [6, 6.07) is 13.5. The third kappa shape index (κ3) is 9.05. The fraction of sp³-hybridized carbons (Fsp3) is 0.100. The third-order valence-electron chi connectivity index (χ3n) is 7.56. The number of esters is 4. The summed E-state index contributed by atoms with van der Waals surface area (Å²) < 4.78 is 19.6. The van der Waals surface area contributed by atoms with Crippen molar-refractivity contribution in [2.24, 2.45) is 0 Å². The summed E-state index contributed by atoms with van der Waals surface area (Å²) in [6.45, 7) is 0. The van der Waals surface area contributed by atoms with E-state index in [1.807, 2.05) is 0 Å². The standard InChI is InChI=1S/C40H32N6O8/c1-51-37(47)33-25(9-5-21-41-33)13-17-29-30(18-14-26-10-6-22-42-34(26)38(48)52-2)46-32(20-16-28-12-8-24-44-36(28)40(50)54-4)31(45-29)19-15-27-11-7-23-43-35(27)39(49)53-3/h5-24H,1-4H3. The minimum absolute atomic E-state index is 0.0869. The van der Waals surface area contributed by atoms with Gasteiger partial charge in [-0.15, -0.1) is 0 Å². The fourth-order valence-electron chi connectivity index (χ4n) is 4.93. The van der Waals surface area contributed by atoms with Gasteiger partial charge in [-0.1, -0.05) is 48.6 Å². The van der Waals surface area contributed by atoms with E-state index in [-0.39, 0.29) is 22.8 Å². The van der Waals surface area contributed by atoms with E-state index >= 15 is 0 Å². The highest BCUT2D eigenvalue weighted by Gasteiger charge is 2.16. The molecule has 0 saturated heterocycles. The Balaban J connectivity index is 1.74. The van der Waals surface area contributed by atoms with E-state index in [1.54, 1.807) is 97.1 Å². The van der Waals surface area contributed by atoms with Crippen LogP contribution in [0.15, 0.2) is 73.3 Å². The van der Waals surface area contributed by atoms with Crippen LogP contribution in [0.5, 0.6) is 0 Å². The number of rotatable bonds is 12. The first kappa shape index (κ1) is 37.8. The molecule has 5 heterocycles. The second-order valence-corrected chi connectivity index (χ2v) is 10.8. The van der Waals surface area contributed by atoms with E-state index < -0.39 is 23.9 Å². The first-order valence-electron chi connectivity index (χ1n) is 16.1. The molecule has 0 atom stereocenters. The van der Waals surface area contributed by atoms with Crippen molar-refractivity contribution < 1.29 is 38.1 Å². The van der Waals surface area contributed by atoms with Crippen LogP contribution in [-0.2, 0) is 18.9 Å². The summed E-state index contributed by atoms with van der Waals surface area (Å²) in [5.41, 5.74) is 3.49. The van der Waals surface area contributed by atoms with Crippen molar-refractivity contribution in [2.75, 3.05) is 28.4 Å². The Labute approximate surface area is 309 Å². The van der Waals surface area contributed by atoms with Gasteiger partial charge in [0.15, 0.2) is 22.8 Å². The van der Waals surface area contributed by atoms with Crippen LogP contribution >= 0.6 is 0 Å². The summed E-state index contributed by atoms with van der Waals surface area (Å²) in [7, 11) is 5.05. The van der Waals surface area contributed by atoms with Crippen molar-refractivity contribution in [1.82, 2.24) is 29.9 Å². The predicted molar refractivity (Wildman–Crippen MR) is 200 cm³/mol. The van der Waals surface area contributed by atoms with Gasteiger partial charge in [-0.25, -0.2) is 49.1 Å². The molecule has 0 N–H and O–H groups in total. The quantitative estimate of drug-likeness (QED) is 0.110. The summed E-state index contributed by atoms with van der Waals surface area (Å²) >= 11 is 0. The molecule has 5 rings (SSSR count). The summed E-state index contributed by atoms with van der Waals surface area (Å²) in [5, 5.41) is 0. The maximum absolute atomic E-state index is 12.5. The van der Waals surface area contributed by atoms with Crippen molar-refractivity contribution in [3.05, 3.63) is 141 Å². The Morgan fingerprint density at radius 2 is 0.611 bits per heavy atom. The largest absolute Gasteiger partial charge is 0.464 e. The van der Waals surface area contributed by atoms with Crippen molar-refractivity contribution >= 4 is 72.5 Å². The highest BCUT2D eigenvalue weighted by Crippen LogP contribution is 2.23. The van der Waals surface area contributed by atoms with Gasteiger partial charge < -0.3 is 18.9 Å². The molecule has 5 aromatic heterocycles.